The second-order valence-corrected chi connectivity index (χ2v) is 5.75. The molecule has 4 nitrogen and oxygen atoms in total. The largest absolute Gasteiger partial charge is 0.480 e. The molecule has 0 amide bonds. The van der Waals surface area contributed by atoms with Crippen LogP contribution in [0.25, 0.3) is 0 Å². The molecule has 0 aliphatic carbocycles. The number of benzene rings is 1. The van der Waals surface area contributed by atoms with Crippen molar-refractivity contribution in [2.24, 2.45) is 0 Å². The Kier molecular flexibility index (Phi) is 4.78. The molecule has 2 N–H and O–H groups in total. The highest BCUT2D eigenvalue weighted by Gasteiger charge is 2.34. The van der Waals surface area contributed by atoms with Gasteiger partial charge in [0.2, 0.25) is 0 Å². The minimum atomic E-state index is -0.881. The number of likely N-dealkylation sites (N-methyl/N-ethyl adjacent to an activating group) is 1. The maximum Gasteiger partial charge on any atom is 0.324 e. The summed E-state index contributed by atoms with van der Waals surface area (Å²) < 4.78 is 0. The molecular weight excluding hydrogens is 252 g/mol. The molecule has 1 atom stereocenters. The smallest absolute Gasteiger partial charge is 0.324 e. The maximum absolute atomic E-state index is 11.5. The predicted molar refractivity (Wildman–Crippen MR) is 79.8 cm³/mol. The summed E-state index contributed by atoms with van der Waals surface area (Å²) >= 11 is 0. The summed E-state index contributed by atoms with van der Waals surface area (Å²) in [7, 11) is 0. The Morgan fingerprint density at radius 3 is 2.75 bits per heavy atom. The van der Waals surface area contributed by atoms with E-state index in [2.05, 4.69) is 34.5 Å². The van der Waals surface area contributed by atoms with Crippen LogP contribution in [-0.2, 0) is 17.8 Å². The highest BCUT2D eigenvalue weighted by Crippen LogP contribution is 2.20. The van der Waals surface area contributed by atoms with Crippen molar-refractivity contribution in [2.75, 3.05) is 19.6 Å². The van der Waals surface area contributed by atoms with Crippen molar-refractivity contribution in [3.05, 3.63) is 35.4 Å². The molecule has 0 saturated heterocycles. The van der Waals surface area contributed by atoms with Crippen LogP contribution in [0.3, 0.4) is 0 Å². The number of aliphatic carboxylic acids is 1. The molecule has 4 heteroatoms. The van der Waals surface area contributed by atoms with Gasteiger partial charge in [-0.25, -0.2) is 0 Å². The first-order valence-corrected chi connectivity index (χ1v) is 7.33. The number of rotatable bonds is 5. The van der Waals surface area contributed by atoms with Gasteiger partial charge in [0.15, 0.2) is 0 Å². The average Bonchev–Trinajstić information content (AvgIpc) is 2.60. The zero-order valence-electron chi connectivity index (χ0n) is 12.4. The summed E-state index contributed by atoms with van der Waals surface area (Å²) in [6.45, 7) is 6.69. The van der Waals surface area contributed by atoms with E-state index in [4.69, 9.17) is 0 Å². The van der Waals surface area contributed by atoms with E-state index >= 15 is 0 Å². The lowest BCUT2D eigenvalue weighted by Gasteiger charge is -2.32. The van der Waals surface area contributed by atoms with Crippen molar-refractivity contribution < 1.29 is 9.90 Å². The van der Waals surface area contributed by atoms with Crippen LogP contribution in [0.15, 0.2) is 24.3 Å². The van der Waals surface area contributed by atoms with E-state index in [9.17, 15) is 9.90 Å². The van der Waals surface area contributed by atoms with Gasteiger partial charge in [0.25, 0.3) is 0 Å². The van der Waals surface area contributed by atoms with Crippen molar-refractivity contribution >= 4 is 5.97 Å². The Morgan fingerprint density at radius 1 is 1.40 bits per heavy atom. The molecule has 2 rings (SSSR count). The zero-order valence-corrected chi connectivity index (χ0v) is 12.4. The number of nitrogens with one attached hydrogen (secondary N) is 1. The molecule has 0 saturated carbocycles. The van der Waals surface area contributed by atoms with Crippen LogP contribution in [0.2, 0.25) is 0 Å². The summed E-state index contributed by atoms with van der Waals surface area (Å²) in [5.74, 6) is -0.781. The van der Waals surface area contributed by atoms with Gasteiger partial charge < -0.3 is 10.4 Å². The van der Waals surface area contributed by atoms with Gasteiger partial charge in [-0.1, -0.05) is 31.2 Å². The average molecular weight is 276 g/mol. The van der Waals surface area contributed by atoms with E-state index in [0.717, 1.165) is 25.9 Å². The standard InChI is InChI=1S/C16H24N2O2/c1-3-17-16(2,15(19)20)12-18-10-6-9-13-7-4-5-8-14(13)11-18/h4-5,7-8,17H,3,6,9-12H2,1-2H3,(H,19,20). The predicted octanol–water partition coefficient (Wildman–Crippen LogP) is 1.89. The first-order chi connectivity index (χ1) is 9.55. The lowest BCUT2D eigenvalue weighted by molar-refractivity contribution is -0.145. The van der Waals surface area contributed by atoms with Crippen LogP contribution >= 0.6 is 0 Å². The molecule has 1 aromatic rings. The summed E-state index contributed by atoms with van der Waals surface area (Å²) in [6.07, 6.45) is 2.16. The summed E-state index contributed by atoms with van der Waals surface area (Å²) in [5.41, 5.74) is 1.85. The summed E-state index contributed by atoms with van der Waals surface area (Å²) in [5, 5.41) is 12.6. The van der Waals surface area contributed by atoms with E-state index in [0.29, 0.717) is 13.1 Å². The molecule has 1 aromatic carbocycles. The van der Waals surface area contributed by atoms with Crippen LogP contribution in [0.1, 0.15) is 31.4 Å². The minimum Gasteiger partial charge on any atom is -0.480 e. The number of carboxylic acid groups (broad SMARTS) is 1. The van der Waals surface area contributed by atoms with Crippen molar-refractivity contribution in [1.29, 1.82) is 0 Å². The van der Waals surface area contributed by atoms with Crippen LogP contribution in [0, 0.1) is 0 Å². The fourth-order valence-corrected chi connectivity index (χ4v) is 2.94. The first kappa shape index (κ1) is 15.0. The van der Waals surface area contributed by atoms with Gasteiger partial charge in [-0.3, -0.25) is 9.69 Å². The zero-order chi connectivity index (χ0) is 14.6. The monoisotopic (exact) mass is 276 g/mol. The Bertz CT molecular complexity index is 475. The third-order valence-electron chi connectivity index (χ3n) is 4.01. The Balaban J connectivity index is 2.12. The number of carboxylic acids is 1. The maximum atomic E-state index is 11.5. The van der Waals surface area contributed by atoms with E-state index in [1.54, 1.807) is 6.92 Å². The Labute approximate surface area is 120 Å². The van der Waals surface area contributed by atoms with Crippen molar-refractivity contribution in [1.82, 2.24) is 10.2 Å². The molecule has 1 aliphatic rings. The molecule has 0 bridgehead atoms. The van der Waals surface area contributed by atoms with Crippen LogP contribution in [-0.4, -0.2) is 41.1 Å². The summed E-state index contributed by atoms with van der Waals surface area (Å²) in [4.78, 5) is 13.8. The normalized spacial score (nSPS) is 18.9. The van der Waals surface area contributed by atoms with E-state index in [1.807, 2.05) is 6.92 Å². The van der Waals surface area contributed by atoms with Crippen molar-refractivity contribution in [2.45, 2.75) is 38.8 Å². The third kappa shape index (κ3) is 3.38. The number of nitrogens with zero attached hydrogens (tertiary/aromatic N) is 1. The van der Waals surface area contributed by atoms with Crippen LogP contribution in [0.4, 0.5) is 0 Å². The molecule has 1 heterocycles. The van der Waals surface area contributed by atoms with Gasteiger partial charge in [-0.15, -0.1) is 0 Å². The fourth-order valence-electron chi connectivity index (χ4n) is 2.94. The minimum absolute atomic E-state index is 0.532. The molecular formula is C16H24N2O2. The van der Waals surface area contributed by atoms with Crippen molar-refractivity contribution in [3.63, 3.8) is 0 Å². The Hall–Kier alpha value is -1.39. The highest BCUT2D eigenvalue weighted by atomic mass is 16.4. The molecule has 0 spiro atoms. The number of hydrogen-bond acceptors (Lipinski definition) is 3. The molecule has 110 valence electrons. The summed E-state index contributed by atoms with van der Waals surface area (Å²) in [6, 6.07) is 8.47. The van der Waals surface area contributed by atoms with Gasteiger partial charge in [0.1, 0.15) is 5.54 Å². The van der Waals surface area contributed by atoms with E-state index < -0.39 is 11.5 Å². The lowest BCUT2D eigenvalue weighted by Crippen LogP contribution is -2.56. The van der Waals surface area contributed by atoms with Crippen LogP contribution < -0.4 is 5.32 Å². The molecule has 0 fully saturated rings. The van der Waals surface area contributed by atoms with Gasteiger partial charge in [-0.2, -0.15) is 0 Å². The number of carbonyl (C=O) groups is 1. The van der Waals surface area contributed by atoms with Gasteiger partial charge >= 0.3 is 5.97 Å². The number of aryl methyl sites for hydroxylation is 1. The van der Waals surface area contributed by atoms with Crippen LogP contribution in [0.5, 0.6) is 0 Å². The van der Waals surface area contributed by atoms with E-state index in [1.165, 1.54) is 11.1 Å². The molecule has 1 aliphatic heterocycles. The first-order valence-electron chi connectivity index (χ1n) is 7.33. The second-order valence-electron chi connectivity index (χ2n) is 5.75. The Morgan fingerprint density at radius 2 is 2.10 bits per heavy atom. The van der Waals surface area contributed by atoms with Crippen molar-refractivity contribution in [3.8, 4) is 0 Å². The van der Waals surface area contributed by atoms with Gasteiger partial charge in [0, 0.05) is 13.1 Å². The lowest BCUT2D eigenvalue weighted by atomic mass is 10.0. The quantitative estimate of drug-likeness (QED) is 0.862. The number of hydrogen-bond donors (Lipinski definition) is 2. The topological polar surface area (TPSA) is 52.6 Å². The van der Waals surface area contributed by atoms with Gasteiger partial charge in [0.05, 0.1) is 0 Å². The molecule has 20 heavy (non-hydrogen) atoms. The third-order valence-corrected chi connectivity index (χ3v) is 4.01. The fraction of sp³-hybridized carbons (Fsp3) is 0.562. The molecule has 0 radical (unpaired) electrons. The SMILES string of the molecule is CCNC(C)(CN1CCCc2ccccc2C1)C(=O)O. The second kappa shape index (κ2) is 6.37. The molecule has 1 unspecified atom stereocenters. The highest BCUT2D eigenvalue weighted by molar-refractivity contribution is 5.78. The van der Waals surface area contributed by atoms with Gasteiger partial charge in [-0.05, 0) is 44.0 Å². The molecule has 0 aromatic heterocycles. The number of fused-ring (bicyclic) bond motifs is 1. The van der Waals surface area contributed by atoms with E-state index in [-0.39, 0.29) is 0 Å².